The number of carbonyl (C=O) groups is 2. The fourth-order valence-corrected chi connectivity index (χ4v) is 9.54. The highest BCUT2D eigenvalue weighted by Crippen LogP contribution is 2.66. The largest absolute Gasteiger partial charge is 0.453 e. The monoisotopic (exact) mass is 635 g/mol. The molecule has 4 aliphatic rings. The van der Waals surface area contributed by atoms with E-state index in [0.29, 0.717) is 49.0 Å². The van der Waals surface area contributed by atoms with Crippen LogP contribution in [0.2, 0.25) is 0 Å². The minimum Gasteiger partial charge on any atom is -0.393 e. The summed E-state index contributed by atoms with van der Waals surface area (Å²) in [7, 11) is 0. The highest BCUT2D eigenvalue weighted by molar-refractivity contribution is 5.79. The summed E-state index contributed by atoms with van der Waals surface area (Å²) in [5, 5.41) is 13.6. The Morgan fingerprint density at radius 1 is 0.932 bits per heavy atom. The van der Waals surface area contributed by atoms with Gasteiger partial charge in [-0.1, -0.05) is 46.0 Å². The fraction of sp³-hybridized carbons (Fsp3) is 0.941. The van der Waals surface area contributed by atoms with Crippen LogP contribution in [0.25, 0.3) is 0 Å². The average Bonchev–Trinajstić information content (AvgIpc) is 3.24. The fourth-order valence-electron chi connectivity index (χ4n) is 9.54. The number of ketones is 1. The van der Waals surface area contributed by atoms with E-state index in [1.165, 1.54) is 0 Å². The van der Waals surface area contributed by atoms with Crippen LogP contribution in [0, 0.1) is 34.5 Å². The number of aliphatic hydroxyl groups is 1. The third kappa shape index (κ3) is 7.98. The van der Waals surface area contributed by atoms with Crippen molar-refractivity contribution >= 4 is 11.7 Å². The number of amides is 1. The molecule has 2 N–H and O–H groups in total. The molecule has 0 radical (unpaired) electrons. The lowest BCUT2D eigenvalue weighted by Crippen LogP contribution is -2.60. The molecule has 0 bridgehead atoms. The number of aliphatic hydroxyl groups excluding tert-OH is 1. The summed E-state index contributed by atoms with van der Waals surface area (Å²) < 4.78 is 69.1. The maximum atomic E-state index is 12.9. The minimum absolute atomic E-state index is 0.0826. The molecule has 0 spiro atoms. The Balaban J connectivity index is 1.11. The molecule has 5 nitrogen and oxygen atoms in total. The van der Waals surface area contributed by atoms with Gasteiger partial charge in [-0.25, -0.2) is 0 Å². The summed E-state index contributed by atoms with van der Waals surface area (Å²) >= 11 is 0. The quantitative estimate of drug-likeness (QED) is 0.141. The number of hydrogen-bond acceptors (Lipinski definition) is 4. The van der Waals surface area contributed by atoms with Crippen molar-refractivity contribution in [3.63, 3.8) is 0 Å². The van der Waals surface area contributed by atoms with Crippen LogP contribution in [0.4, 0.5) is 22.0 Å². The van der Waals surface area contributed by atoms with E-state index in [1.54, 1.807) is 0 Å². The number of fused-ring (bicyclic) bond motifs is 5. The van der Waals surface area contributed by atoms with Crippen LogP contribution in [0.15, 0.2) is 0 Å². The molecule has 4 fully saturated rings. The first-order valence-electron chi connectivity index (χ1n) is 17.2. The van der Waals surface area contributed by atoms with Gasteiger partial charge in [-0.2, -0.15) is 22.0 Å². The number of Topliss-reactive ketones (excluding diaryl/α,β-unsaturated/α-hetero) is 1. The van der Waals surface area contributed by atoms with Crippen molar-refractivity contribution in [2.75, 3.05) is 13.2 Å². The van der Waals surface area contributed by atoms with Gasteiger partial charge in [-0.15, -0.1) is 0 Å². The number of rotatable bonds is 15. The van der Waals surface area contributed by atoms with E-state index >= 15 is 0 Å². The van der Waals surface area contributed by atoms with Crippen molar-refractivity contribution in [2.24, 2.45) is 34.5 Å². The minimum atomic E-state index is -5.58. The summed E-state index contributed by atoms with van der Waals surface area (Å²) in [6.07, 6.45) is 6.48. The van der Waals surface area contributed by atoms with Crippen molar-refractivity contribution in [3.05, 3.63) is 0 Å². The molecule has 10 heteroatoms. The van der Waals surface area contributed by atoms with Crippen LogP contribution < -0.4 is 5.32 Å². The zero-order chi connectivity index (χ0) is 32.2. The van der Waals surface area contributed by atoms with Crippen molar-refractivity contribution < 1.29 is 41.4 Å². The maximum Gasteiger partial charge on any atom is 0.453 e. The lowest BCUT2D eigenvalue weighted by molar-refractivity contribution is -0.284. The highest BCUT2D eigenvalue weighted by atomic mass is 19.4. The number of hydrogen-bond donors (Lipinski definition) is 2. The zero-order valence-corrected chi connectivity index (χ0v) is 26.7. The van der Waals surface area contributed by atoms with Crippen LogP contribution in [0.1, 0.15) is 129 Å². The molecule has 4 rings (SSSR count). The number of nitrogens with one attached hydrogen (secondary N) is 1. The maximum absolute atomic E-state index is 12.9. The molecule has 0 aromatic rings. The Hall–Kier alpha value is -1.29. The number of halogens is 5. The second-order valence-electron chi connectivity index (χ2n) is 14.9. The molecule has 44 heavy (non-hydrogen) atoms. The van der Waals surface area contributed by atoms with Crippen LogP contribution in [-0.2, 0) is 14.3 Å². The predicted molar refractivity (Wildman–Crippen MR) is 158 cm³/mol. The molecule has 3 unspecified atom stereocenters. The van der Waals surface area contributed by atoms with Crippen LogP contribution in [-0.4, -0.2) is 54.3 Å². The Morgan fingerprint density at radius 3 is 2.32 bits per heavy atom. The van der Waals surface area contributed by atoms with E-state index in [1.807, 2.05) is 0 Å². The molecule has 8 atom stereocenters. The van der Waals surface area contributed by atoms with E-state index in [-0.39, 0.29) is 29.5 Å². The molecule has 4 aliphatic carbocycles. The topological polar surface area (TPSA) is 75.6 Å². The van der Waals surface area contributed by atoms with E-state index in [4.69, 9.17) is 4.74 Å². The molecule has 0 aromatic carbocycles. The first kappa shape index (κ1) is 35.6. The second-order valence-corrected chi connectivity index (χ2v) is 14.9. The molecule has 0 heterocycles. The van der Waals surface area contributed by atoms with Gasteiger partial charge < -0.3 is 15.2 Å². The Kier molecular flexibility index (Phi) is 11.8. The van der Waals surface area contributed by atoms with E-state index < -0.39 is 30.8 Å². The number of ether oxygens (including phenoxy) is 1. The van der Waals surface area contributed by atoms with E-state index in [0.717, 1.165) is 89.9 Å². The summed E-state index contributed by atoms with van der Waals surface area (Å²) in [6, 6.07) is 0. The summed E-state index contributed by atoms with van der Waals surface area (Å²) in [5.74, 6) is -2.81. The van der Waals surface area contributed by atoms with Gasteiger partial charge in [0.15, 0.2) is 0 Å². The van der Waals surface area contributed by atoms with Crippen molar-refractivity contribution in [1.29, 1.82) is 0 Å². The molecule has 0 aromatic heterocycles. The van der Waals surface area contributed by atoms with Gasteiger partial charge >= 0.3 is 12.1 Å². The van der Waals surface area contributed by atoms with E-state index in [9.17, 15) is 36.6 Å². The Morgan fingerprint density at radius 2 is 1.61 bits per heavy atom. The molecule has 4 saturated carbocycles. The molecule has 0 saturated heterocycles. The second kappa shape index (κ2) is 14.6. The molecular formula is C34H54F5NO4. The van der Waals surface area contributed by atoms with Gasteiger partial charge in [0.1, 0.15) is 5.78 Å². The number of alkyl halides is 5. The Bertz CT molecular complexity index is 976. The average molecular weight is 636 g/mol. The van der Waals surface area contributed by atoms with Crippen molar-refractivity contribution in [3.8, 4) is 0 Å². The van der Waals surface area contributed by atoms with Gasteiger partial charge in [-0.3, -0.25) is 9.59 Å². The van der Waals surface area contributed by atoms with Gasteiger partial charge in [0.2, 0.25) is 5.91 Å². The third-order valence-corrected chi connectivity index (χ3v) is 12.1. The zero-order valence-electron chi connectivity index (χ0n) is 26.7. The summed E-state index contributed by atoms with van der Waals surface area (Å²) in [5.41, 5.74) is 0.0540. The lowest BCUT2D eigenvalue weighted by Gasteiger charge is -2.62. The Labute approximate surface area is 259 Å². The van der Waals surface area contributed by atoms with Crippen molar-refractivity contribution in [1.82, 2.24) is 5.32 Å². The van der Waals surface area contributed by atoms with E-state index in [2.05, 4.69) is 19.2 Å². The molecule has 0 aliphatic heterocycles. The molecule has 254 valence electrons. The van der Waals surface area contributed by atoms with Crippen LogP contribution in [0.5, 0.6) is 0 Å². The van der Waals surface area contributed by atoms with Gasteiger partial charge in [0.05, 0.1) is 12.2 Å². The number of carbonyl (C=O) groups excluding carboxylic acids is 2. The highest BCUT2D eigenvalue weighted by Gasteiger charge is 2.63. The number of unbranched alkanes of at least 4 members (excludes halogenated alkanes) is 6. The van der Waals surface area contributed by atoms with Crippen molar-refractivity contribution in [2.45, 2.75) is 154 Å². The van der Waals surface area contributed by atoms with Crippen LogP contribution in [0.3, 0.4) is 0 Å². The summed E-state index contributed by atoms with van der Waals surface area (Å²) in [4.78, 5) is 24.1. The van der Waals surface area contributed by atoms with Gasteiger partial charge in [0, 0.05) is 38.8 Å². The van der Waals surface area contributed by atoms with Gasteiger partial charge in [0.25, 0.3) is 0 Å². The molecule has 1 amide bonds. The third-order valence-electron chi connectivity index (χ3n) is 12.1. The smallest absolute Gasteiger partial charge is 0.393 e. The lowest BCUT2D eigenvalue weighted by atomic mass is 9.44. The first-order valence-corrected chi connectivity index (χ1v) is 17.2. The van der Waals surface area contributed by atoms with Crippen LogP contribution >= 0.6 is 0 Å². The standard InChI is InChI=1S/C34H54F5NO4/c1-31-18-16-24(41)21-23(31)12-13-25-26-14-15-28(42)32(26,2)22-27(30(25)31)44-20-9-7-5-3-4-6-8-19-40-29(43)11-10-17-33(35,36)34(37,38)39/h23,25-28,30,42H,3-22H2,1-2H3,(H,40,43)/t23?,25-,26-,27?,28?,30-,31-,32-/m0/s1. The normalized spacial score (nSPS) is 35.6. The molecular weight excluding hydrogens is 581 g/mol. The summed E-state index contributed by atoms with van der Waals surface area (Å²) in [6.45, 7) is 5.82. The SMILES string of the molecule is C[C@]12CCC(=O)CC1CC[C@@H]1[C@H]2C(OCCCCCCCCCNC(=O)CCCC(F)(F)C(F)(F)F)C[C@]2(C)C(O)CC[C@@H]12. The predicted octanol–water partition coefficient (Wildman–Crippen LogP) is 8.17. The first-order chi connectivity index (χ1) is 20.7. The van der Waals surface area contributed by atoms with Gasteiger partial charge in [-0.05, 0) is 92.3 Å².